The van der Waals surface area contributed by atoms with E-state index in [9.17, 15) is 0 Å². The molecule has 0 aliphatic heterocycles. The number of furan rings is 2. The van der Waals surface area contributed by atoms with Crippen LogP contribution in [0.25, 0.3) is 83.9 Å². The van der Waals surface area contributed by atoms with Crippen molar-refractivity contribution in [3.8, 4) is 33.9 Å². The Kier molecular flexibility index (Phi) is 5.93. The normalized spacial score (nSPS) is 14.3. The summed E-state index contributed by atoms with van der Waals surface area (Å²) >= 11 is 0. The van der Waals surface area contributed by atoms with Crippen molar-refractivity contribution in [2.75, 3.05) is 0 Å². The third kappa shape index (κ3) is 4.36. The number of aromatic nitrogens is 3. The third-order valence-electron chi connectivity index (χ3n) is 9.45. The molecule has 5 heteroatoms. The highest BCUT2D eigenvalue weighted by Gasteiger charge is 2.23. The van der Waals surface area contributed by atoms with Crippen LogP contribution in [0.5, 0.6) is 0 Å². The van der Waals surface area contributed by atoms with E-state index in [2.05, 4.69) is 91.0 Å². The molecule has 1 aliphatic carbocycles. The highest BCUT2D eigenvalue weighted by molar-refractivity contribution is 6.13. The van der Waals surface area contributed by atoms with Gasteiger partial charge in [-0.05, 0) is 65.1 Å². The molecule has 1 atom stereocenters. The largest absolute Gasteiger partial charge is 0.456 e. The number of rotatable bonds is 4. The summed E-state index contributed by atoms with van der Waals surface area (Å²) in [6.45, 7) is 0. The summed E-state index contributed by atoms with van der Waals surface area (Å²) in [6.07, 6.45) is 5.24. The van der Waals surface area contributed by atoms with Crippen LogP contribution in [-0.2, 0) is 6.42 Å². The summed E-state index contributed by atoms with van der Waals surface area (Å²) in [5, 5.41) is 4.19. The Bertz CT molecular complexity index is 2720. The van der Waals surface area contributed by atoms with Gasteiger partial charge in [0.25, 0.3) is 0 Å². The van der Waals surface area contributed by atoms with Gasteiger partial charge in [0.1, 0.15) is 28.2 Å². The van der Waals surface area contributed by atoms with E-state index in [0.29, 0.717) is 11.6 Å². The first-order valence-corrected chi connectivity index (χ1v) is 16.2. The summed E-state index contributed by atoms with van der Waals surface area (Å²) in [7, 11) is 0. The molecule has 0 fully saturated rings. The molecule has 5 nitrogen and oxygen atoms in total. The van der Waals surface area contributed by atoms with E-state index in [1.807, 2.05) is 54.6 Å². The van der Waals surface area contributed by atoms with Crippen LogP contribution in [0.4, 0.5) is 0 Å². The number of allylic oxidation sites excluding steroid dienone is 1. The Hall–Kier alpha value is -6.33. The molecule has 9 aromatic rings. The van der Waals surface area contributed by atoms with E-state index >= 15 is 0 Å². The standard InChI is InChI=1S/C43H27N3O2/c1-2-11-27(12-3-1)41-44-42(30-19-18-26-10-4-5-13-28(26)22-30)46-43(45-41)35-24-31(25-39-40(35)33-15-7-9-17-37(33)48-39)29-20-21-38-34(23-29)32-14-6-8-16-36(32)47-38/h1-21,23-25,30H,22H2. The summed E-state index contributed by atoms with van der Waals surface area (Å²) < 4.78 is 12.7. The molecular weight excluding hydrogens is 590 g/mol. The third-order valence-corrected chi connectivity index (χ3v) is 9.45. The van der Waals surface area contributed by atoms with Gasteiger partial charge in [0.05, 0.1) is 0 Å². The van der Waals surface area contributed by atoms with Crippen LogP contribution in [0.2, 0.25) is 0 Å². The first kappa shape index (κ1) is 26.8. The highest BCUT2D eigenvalue weighted by Crippen LogP contribution is 2.41. The Balaban J connectivity index is 1.22. The maximum absolute atomic E-state index is 6.52. The van der Waals surface area contributed by atoms with Gasteiger partial charge in [-0.25, -0.2) is 15.0 Å². The molecule has 3 aromatic heterocycles. The molecule has 1 aliphatic rings. The zero-order chi connectivity index (χ0) is 31.6. The van der Waals surface area contributed by atoms with Crippen LogP contribution >= 0.6 is 0 Å². The Morgan fingerprint density at radius 1 is 0.500 bits per heavy atom. The van der Waals surface area contributed by atoms with Crippen molar-refractivity contribution in [3.63, 3.8) is 0 Å². The van der Waals surface area contributed by atoms with Gasteiger partial charge in [0, 0.05) is 38.6 Å². The fourth-order valence-electron chi connectivity index (χ4n) is 7.08. The maximum atomic E-state index is 6.52. The molecule has 226 valence electrons. The fourth-order valence-corrected chi connectivity index (χ4v) is 7.08. The van der Waals surface area contributed by atoms with Crippen LogP contribution in [0.3, 0.4) is 0 Å². The SMILES string of the molecule is C1=CC(c2nc(-c3ccccc3)nc(-c3cc(-c4ccc5oc6ccccc6c5c4)cc4oc5ccccc5c34)n2)Cc2ccccc21. The van der Waals surface area contributed by atoms with Crippen LogP contribution in [0.1, 0.15) is 22.9 Å². The second kappa shape index (κ2) is 10.6. The lowest BCUT2D eigenvalue weighted by Crippen LogP contribution is -2.12. The average Bonchev–Trinajstić information content (AvgIpc) is 3.72. The molecule has 1 unspecified atom stereocenters. The van der Waals surface area contributed by atoms with Gasteiger partial charge >= 0.3 is 0 Å². The lowest BCUT2D eigenvalue weighted by Gasteiger charge is -2.19. The topological polar surface area (TPSA) is 65.0 Å². The van der Waals surface area contributed by atoms with Gasteiger partial charge in [-0.2, -0.15) is 0 Å². The molecule has 48 heavy (non-hydrogen) atoms. The van der Waals surface area contributed by atoms with Crippen LogP contribution < -0.4 is 0 Å². The van der Waals surface area contributed by atoms with Gasteiger partial charge < -0.3 is 8.83 Å². The van der Waals surface area contributed by atoms with Gasteiger partial charge in [0.2, 0.25) is 0 Å². The second-order valence-corrected chi connectivity index (χ2v) is 12.4. The molecule has 0 saturated carbocycles. The van der Waals surface area contributed by atoms with Crippen LogP contribution in [0.15, 0.2) is 148 Å². The summed E-state index contributed by atoms with van der Waals surface area (Å²) in [5.74, 6) is 2.04. The lowest BCUT2D eigenvalue weighted by molar-refractivity contribution is 0.669. The lowest BCUT2D eigenvalue weighted by atomic mass is 9.89. The van der Waals surface area contributed by atoms with Gasteiger partial charge in [-0.15, -0.1) is 0 Å². The molecule has 0 bridgehead atoms. The minimum atomic E-state index is 0.0145. The predicted octanol–water partition coefficient (Wildman–Crippen LogP) is 11.0. The van der Waals surface area contributed by atoms with E-state index in [-0.39, 0.29) is 5.92 Å². The van der Waals surface area contributed by atoms with Crippen LogP contribution in [0, 0.1) is 0 Å². The van der Waals surface area contributed by atoms with Crippen molar-refractivity contribution in [1.29, 1.82) is 0 Å². The summed E-state index contributed by atoms with van der Waals surface area (Å²) in [5.41, 5.74) is 9.82. The first-order chi connectivity index (χ1) is 23.7. The number of hydrogen-bond acceptors (Lipinski definition) is 5. The number of fused-ring (bicyclic) bond motifs is 7. The molecule has 0 radical (unpaired) electrons. The van der Waals surface area contributed by atoms with Gasteiger partial charge in [-0.3, -0.25) is 0 Å². The maximum Gasteiger partial charge on any atom is 0.164 e. The first-order valence-electron chi connectivity index (χ1n) is 16.2. The zero-order valence-corrected chi connectivity index (χ0v) is 25.8. The molecule has 3 heterocycles. The van der Waals surface area contributed by atoms with Crippen molar-refractivity contribution < 1.29 is 8.83 Å². The van der Waals surface area contributed by atoms with Crippen LogP contribution in [-0.4, -0.2) is 15.0 Å². The Morgan fingerprint density at radius 2 is 1.21 bits per heavy atom. The summed E-state index contributed by atoms with van der Waals surface area (Å²) in [4.78, 5) is 15.5. The highest BCUT2D eigenvalue weighted by atomic mass is 16.3. The van der Waals surface area contributed by atoms with Crippen molar-refractivity contribution in [2.45, 2.75) is 12.3 Å². The number of para-hydroxylation sites is 2. The summed E-state index contributed by atoms with van der Waals surface area (Å²) in [6, 6.07) is 45.7. The van der Waals surface area contributed by atoms with E-state index in [1.165, 1.54) is 11.1 Å². The monoisotopic (exact) mass is 617 g/mol. The van der Waals surface area contributed by atoms with Gasteiger partial charge in [0.15, 0.2) is 11.6 Å². The molecule has 0 N–H and O–H groups in total. The molecule has 0 saturated heterocycles. The van der Waals surface area contributed by atoms with Crippen molar-refractivity contribution in [2.24, 2.45) is 0 Å². The Morgan fingerprint density at radius 3 is 2.10 bits per heavy atom. The van der Waals surface area contributed by atoms with Crippen molar-refractivity contribution in [1.82, 2.24) is 15.0 Å². The van der Waals surface area contributed by atoms with E-state index in [1.54, 1.807) is 0 Å². The minimum absolute atomic E-state index is 0.0145. The minimum Gasteiger partial charge on any atom is -0.456 e. The molecule has 0 spiro atoms. The second-order valence-electron chi connectivity index (χ2n) is 12.4. The molecule has 10 rings (SSSR count). The zero-order valence-electron chi connectivity index (χ0n) is 25.8. The molecular formula is C43H27N3O2. The van der Waals surface area contributed by atoms with E-state index in [0.717, 1.165) is 78.4 Å². The Labute approximate surface area is 275 Å². The van der Waals surface area contributed by atoms with Crippen molar-refractivity contribution >= 4 is 50.0 Å². The van der Waals surface area contributed by atoms with Gasteiger partial charge in [-0.1, -0.05) is 109 Å². The average molecular weight is 618 g/mol. The molecule has 0 amide bonds. The van der Waals surface area contributed by atoms with E-state index < -0.39 is 0 Å². The van der Waals surface area contributed by atoms with Crippen molar-refractivity contribution in [3.05, 3.63) is 156 Å². The number of hydrogen-bond donors (Lipinski definition) is 0. The number of nitrogens with zero attached hydrogens (tertiary/aromatic N) is 3. The van der Waals surface area contributed by atoms with E-state index in [4.69, 9.17) is 23.8 Å². The smallest absolute Gasteiger partial charge is 0.164 e. The quantitative estimate of drug-likeness (QED) is 0.197. The molecule has 6 aromatic carbocycles. The predicted molar refractivity (Wildman–Crippen MR) is 193 cm³/mol. The number of benzene rings is 6. The fraction of sp³-hybridized carbons (Fsp3) is 0.0465.